The quantitative estimate of drug-likeness (QED) is 0.552. The van der Waals surface area contributed by atoms with E-state index in [1.165, 1.54) is 22.3 Å². The van der Waals surface area contributed by atoms with Gasteiger partial charge in [0.25, 0.3) is 5.56 Å². The van der Waals surface area contributed by atoms with Crippen molar-refractivity contribution in [1.29, 1.82) is 0 Å². The molecule has 2 heterocycles. The Balaban J connectivity index is 2.28. The van der Waals surface area contributed by atoms with Gasteiger partial charge in [0.1, 0.15) is 17.5 Å². The van der Waals surface area contributed by atoms with Crippen molar-refractivity contribution < 1.29 is 0 Å². The fraction of sp³-hybridized carbons (Fsp3) is 0.188. The van der Waals surface area contributed by atoms with Gasteiger partial charge in [-0.2, -0.15) is 9.78 Å². The molecule has 112 valence electrons. The van der Waals surface area contributed by atoms with Gasteiger partial charge in [0.15, 0.2) is 0 Å². The van der Waals surface area contributed by atoms with E-state index in [9.17, 15) is 4.79 Å². The Kier molecular flexibility index (Phi) is 3.77. The lowest BCUT2D eigenvalue weighted by molar-refractivity contribution is 0.629. The summed E-state index contributed by atoms with van der Waals surface area (Å²) in [6.07, 6.45) is 3.05. The van der Waals surface area contributed by atoms with Crippen molar-refractivity contribution in [2.75, 3.05) is 14.1 Å². The van der Waals surface area contributed by atoms with Crippen molar-refractivity contribution in [3.63, 3.8) is 0 Å². The molecule has 3 rings (SSSR count). The maximum absolute atomic E-state index is 12.7. The SMILES string of the molecule is Cc1sc2ncn(/N=C\N(C)C)c(=O)c2c1-c1ccccc1. The summed E-state index contributed by atoms with van der Waals surface area (Å²) in [5.74, 6) is 0. The molecule has 0 saturated carbocycles. The summed E-state index contributed by atoms with van der Waals surface area (Å²) >= 11 is 1.53. The molecular weight excluding hydrogens is 296 g/mol. The molecular formula is C16H16N4OS. The molecule has 2 aromatic heterocycles. The van der Waals surface area contributed by atoms with Crippen LogP contribution in [0.25, 0.3) is 21.3 Å². The third-order valence-corrected chi connectivity index (χ3v) is 4.25. The zero-order valence-corrected chi connectivity index (χ0v) is 13.5. The van der Waals surface area contributed by atoms with Crippen LogP contribution in [0.1, 0.15) is 4.88 Å². The lowest BCUT2D eigenvalue weighted by atomic mass is 10.0. The first-order valence-electron chi connectivity index (χ1n) is 6.85. The van der Waals surface area contributed by atoms with Gasteiger partial charge in [-0.3, -0.25) is 4.79 Å². The molecule has 5 nitrogen and oxygen atoms in total. The molecule has 6 heteroatoms. The van der Waals surface area contributed by atoms with Crippen LogP contribution in [0.15, 0.2) is 46.6 Å². The van der Waals surface area contributed by atoms with E-state index in [0.717, 1.165) is 20.8 Å². The normalized spacial score (nSPS) is 11.4. The van der Waals surface area contributed by atoms with Gasteiger partial charge in [0, 0.05) is 24.5 Å². The highest BCUT2D eigenvalue weighted by Gasteiger charge is 2.16. The Morgan fingerprint density at radius 3 is 2.68 bits per heavy atom. The molecule has 0 spiro atoms. The largest absolute Gasteiger partial charge is 0.367 e. The fourth-order valence-electron chi connectivity index (χ4n) is 2.29. The van der Waals surface area contributed by atoms with E-state index in [-0.39, 0.29) is 5.56 Å². The topological polar surface area (TPSA) is 50.5 Å². The predicted octanol–water partition coefficient (Wildman–Crippen LogP) is 2.79. The van der Waals surface area contributed by atoms with E-state index in [1.807, 2.05) is 51.4 Å². The average molecular weight is 312 g/mol. The molecule has 3 aromatic rings. The molecule has 0 bridgehead atoms. The van der Waals surface area contributed by atoms with Crippen LogP contribution in [0.2, 0.25) is 0 Å². The zero-order valence-electron chi connectivity index (χ0n) is 12.6. The van der Waals surface area contributed by atoms with E-state index in [4.69, 9.17) is 0 Å². The highest BCUT2D eigenvalue weighted by Crippen LogP contribution is 2.35. The van der Waals surface area contributed by atoms with Crippen LogP contribution in [0.4, 0.5) is 0 Å². The fourth-order valence-corrected chi connectivity index (χ4v) is 3.29. The second-order valence-corrected chi connectivity index (χ2v) is 6.37. The van der Waals surface area contributed by atoms with Crippen LogP contribution < -0.4 is 5.56 Å². The first-order valence-corrected chi connectivity index (χ1v) is 7.66. The van der Waals surface area contributed by atoms with Crippen molar-refractivity contribution in [2.24, 2.45) is 5.10 Å². The second-order valence-electron chi connectivity index (χ2n) is 5.17. The Morgan fingerprint density at radius 2 is 2.00 bits per heavy atom. The number of nitrogens with zero attached hydrogens (tertiary/aromatic N) is 4. The highest BCUT2D eigenvalue weighted by molar-refractivity contribution is 7.19. The summed E-state index contributed by atoms with van der Waals surface area (Å²) in [5.41, 5.74) is 1.83. The van der Waals surface area contributed by atoms with Crippen LogP contribution in [-0.4, -0.2) is 35.0 Å². The summed E-state index contributed by atoms with van der Waals surface area (Å²) in [7, 11) is 3.70. The molecule has 0 amide bonds. The zero-order chi connectivity index (χ0) is 15.7. The number of thiophene rings is 1. The van der Waals surface area contributed by atoms with Crippen LogP contribution in [0.5, 0.6) is 0 Å². The van der Waals surface area contributed by atoms with Crippen LogP contribution in [-0.2, 0) is 0 Å². The number of benzene rings is 1. The Hall–Kier alpha value is -2.47. The third-order valence-electron chi connectivity index (χ3n) is 3.24. The van der Waals surface area contributed by atoms with E-state index in [1.54, 1.807) is 11.2 Å². The van der Waals surface area contributed by atoms with Crippen molar-refractivity contribution in [2.45, 2.75) is 6.92 Å². The van der Waals surface area contributed by atoms with Crippen LogP contribution in [0.3, 0.4) is 0 Å². The minimum absolute atomic E-state index is 0.147. The lowest BCUT2D eigenvalue weighted by Gasteiger charge is -2.04. The Morgan fingerprint density at radius 1 is 1.27 bits per heavy atom. The molecule has 0 radical (unpaired) electrons. The molecule has 0 N–H and O–H groups in total. The summed E-state index contributed by atoms with van der Waals surface area (Å²) in [6.45, 7) is 2.02. The van der Waals surface area contributed by atoms with Crippen molar-refractivity contribution in [3.05, 3.63) is 51.9 Å². The molecule has 0 aliphatic carbocycles. The van der Waals surface area contributed by atoms with Crippen LogP contribution in [0, 0.1) is 6.92 Å². The smallest absolute Gasteiger partial charge is 0.283 e. The molecule has 0 aliphatic rings. The minimum atomic E-state index is -0.147. The lowest BCUT2D eigenvalue weighted by Crippen LogP contribution is -2.19. The number of aryl methyl sites for hydroxylation is 1. The molecule has 0 aliphatic heterocycles. The molecule has 1 aromatic carbocycles. The van der Waals surface area contributed by atoms with E-state index in [0.29, 0.717) is 5.39 Å². The summed E-state index contributed by atoms with van der Waals surface area (Å²) in [4.78, 5) is 20.7. The van der Waals surface area contributed by atoms with E-state index in [2.05, 4.69) is 10.1 Å². The maximum atomic E-state index is 12.7. The predicted molar refractivity (Wildman–Crippen MR) is 91.6 cm³/mol. The highest BCUT2D eigenvalue weighted by atomic mass is 32.1. The van der Waals surface area contributed by atoms with E-state index < -0.39 is 0 Å². The third kappa shape index (κ3) is 2.53. The van der Waals surface area contributed by atoms with Crippen LogP contribution >= 0.6 is 11.3 Å². The first-order chi connectivity index (χ1) is 10.6. The van der Waals surface area contributed by atoms with Crippen molar-refractivity contribution >= 4 is 27.9 Å². The number of aromatic nitrogens is 2. The van der Waals surface area contributed by atoms with Gasteiger partial charge >= 0.3 is 0 Å². The Bertz CT molecular complexity index is 894. The van der Waals surface area contributed by atoms with Gasteiger partial charge in [-0.25, -0.2) is 4.98 Å². The summed E-state index contributed by atoms with van der Waals surface area (Å²) in [5, 5.41) is 4.78. The average Bonchev–Trinajstić information content (AvgIpc) is 2.84. The maximum Gasteiger partial charge on any atom is 0.283 e. The van der Waals surface area contributed by atoms with Gasteiger partial charge in [0.2, 0.25) is 0 Å². The first kappa shape index (κ1) is 14.5. The van der Waals surface area contributed by atoms with Crippen molar-refractivity contribution in [1.82, 2.24) is 14.6 Å². The van der Waals surface area contributed by atoms with E-state index >= 15 is 0 Å². The standard InChI is InChI=1S/C16H16N4OS/c1-11-13(12-7-5-4-6-8-12)14-15(22-11)17-9-20(16(14)21)18-10-19(2)3/h4-10H,1-3H3/b18-10-. The van der Waals surface area contributed by atoms with Gasteiger partial charge in [-0.1, -0.05) is 30.3 Å². The summed E-state index contributed by atoms with van der Waals surface area (Å²) < 4.78 is 1.28. The summed E-state index contributed by atoms with van der Waals surface area (Å²) in [6, 6.07) is 9.92. The molecule has 0 unspecified atom stereocenters. The van der Waals surface area contributed by atoms with Gasteiger partial charge in [-0.15, -0.1) is 11.3 Å². The number of hydrogen-bond donors (Lipinski definition) is 0. The van der Waals surface area contributed by atoms with Gasteiger partial charge in [-0.05, 0) is 12.5 Å². The minimum Gasteiger partial charge on any atom is -0.367 e. The monoisotopic (exact) mass is 312 g/mol. The van der Waals surface area contributed by atoms with Gasteiger partial charge < -0.3 is 4.90 Å². The number of hydrogen-bond acceptors (Lipinski definition) is 4. The van der Waals surface area contributed by atoms with Crippen molar-refractivity contribution in [3.8, 4) is 11.1 Å². The number of rotatable bonds is 3. The number of fused-ring (bicyclic) bond motifs is 1. The molecule has 22 heavy (non-hydrogen) atoms. The second kappa shape index (κ2) is 5.73. The molecule has 0 saturated heterocycles. The molecule has 0 atom stereocenters. The van der Waals surface area contributed by atoms with Gasteiger partial charge in [0.05, 0.1) is 5.39 Å². The molecule has 0 fully saturated rings. The Labute approximate surface area is 132 Å².